The molecule has 25 heavy (non-hydrogen) atoms. The van der Waals surface area contributed by atoms with Gasteiger partial charge in [-0.25, -0.2) is 0 Å². The summed E-state index contributed by atoms with van der Waals surface area (Å²) in [7, 11) is 0. The predicted octanol–water partition coefficient (Wildman–Crippen LogP) is 4.53. The lowest BCUT2D eigenvalue weighted by molar-refractivity contribution is -0.290. The summed E-state index contributed by atoms with van der Waals surface area (Å²) in [4.78, 5) is 0. The molecule has 0 aromatic heterocycles. The van der Waals surface area contributed by atoms with Gasteiger partial charge in [-0.05, 0) is 12.1 Å². The standard InChI is InChI=1S/C12H5Cl3F6N4/c13-4-1-6(14)8(7(15)2-4)25-9(23)5(3-22)10(24-25,11(16,17)18)12(19,20)21/h1-2,24H,23H2. The molecule has 1 heterocycles. The first-order chi connectivity index (χ1) is 11.3. The van der Waals surface area contributed by atoms with Crippen LogP contribution in [0.25, 0.3) is 0 Å². The van der Waals surface area contributed by atoms with Gasteiger partial charge < -0.3 is 5.73 Å². The molecule has 0 aliphatic carbocycles. The molecule has 0 unspecified atom stereocenters. The zero-order valence-corrected chi connectivity index (χ0v) is 13.8. The number of rotatable bonds is 1. The van der Waals surface area contributed by atoms with Crippen LogP contribution in [0.15, 0.2) is 23.5 Å². The van der Waals surface area contributed by atoms with Crippen molar-refractivity contribution >= 4 is 40.5 Å². The molecular formula is C12H5Cl3F6N4. The summed E-state index contributed by atoms with van der Waals surface area (Å²) in [5, 5.41) is 8.29. The van der Waals surface area contributed by atoms with E-state index in [0.717, 1.165) is 18.2 Å². The van der Waals surface area contributed by atoms with Gasteiger partial charge in [0.1, 0.15) is 17.5 Å². The Kier molecular flexibility index (Phi) is 4.76. The molecule has 0 amide bonds. The highest BCUT2D eigenvalue weighted by Crippen LogP contribution is 2.52. The summed E-state index contributed by atoms with van der Waals surface area (Å²) < 4.78 is 80.0. The molecule has 0 spiro atoms. The molecule has 0 saturated heterocycles. The minimum Gasteiger partial charge on any atom is -0.383 e. The number of hydrazine groups is 1. The summed E-state index contributed by atoms with van der Waals surface area (Å²) in [5.74, 6) is -1.15. The maximum absolute atomic E-state index is 13.3. The van der Waals surface area contributed by atoms with E-state index in [1.54, 1.807) is 0 Å². The number of nitriles is 1. The predicted molar refractivity (Wildman–Crippen MR) is 78.8 cm³/mol. The molecule has 1 aromatic rings. The average Bonchev–Trinajstić information content (AvgIpc) is 2.71. The van der Waals surface area contributed by atoms with E-state index in [4.69, 9.17) is 45.8 Å². The van der Waals surface area contributed by atoms with Crippen LogP contribution in [-0.4, -0.2) is 17.9 Å². The lowest BCUT2D eigenvalue weighted by Gasteiger charge is -2.35. The molecule has 0 fully saturated rings. The van der Waals surface area contributed by atoms with Gasteiger partial charge in [0, 0.05) is 5.02 Å². The van der Waals surface area contributed by atoms with E-state index in [1.807, 2.05) is 0 Å². The van der Waals surface area contributed by atoms with Crippen molar-refractivity contribution in [1.29, 1.82) is 5.26 Å². The Morgan fingerprint density at radius 3 is 1.80 bits per heavy atom. The van der Waals surface area contributed by atoms with Crippen molar-refractivity contribution in [1.82, 2.24) is 5.43 Å². The third-order valence-corrected chi connectivity index (χ3v) is 4.11. The van der Waals surface area contributed by atoms with E-state index >= 15 is 0 Å². The number of nitrogens with zero attached hydrogens (tertiary/aromatic N) is 2. The van der Waals surface area contributed by atoms with E-state index in [0.29, 0.717) is 0 Å². The molecule has 0 radical (unpaired) electrons. The van der Waals surface area contributed by atoms with Gasteiger partial charge in [-0.3, -0.25) is 5.01 Å². The van der Waals surface area contributed by atoms with E-state index in [9.17, 15) is 26.3 Å². The Hall–Kier alpha value is -1.54. The zero-order chi connectivity index (χ0) is 19.4. The molecule has 1 aliphatic heterocycles. The van der Waals surface area contributed by atoms with E-state index in [2.05, 4.69) is 0 Å². The number of nitrogens with two attached hydrogens (primary N) is 1. The van der Waals surface area contributed by atoms with E-state index in [-0.39, 0.29) is 20.1 Å². The average molecular weight is 426 g/mol. The second-order valence-electron chi connectivity index (χ2n) is 4.78. The summed E-state index contributed by atoms with van der Waals surface area (Å²) in [6, 6.07) is 2.93. The largest absolute Gasteiger partial charge is 0.422 e. The SMILES string of the molecule is N#CC1=C(N)N(c2c(Cl)cc(Cl)cc2Cl)NC1(C(F)(F)F)C(F)(F)F. The molecule has 0 saturated carbocycles. The summed E-state index contributed by atoms with van der Waals surface area (Å²) in [6.07, 6.45) is -11.9. The van der Waals surface area contributed by atoms with Crippen molar-refractivity contribution in [2.45, 2.75) is 17.9 Å². The van der Waals surface area contributed by atoms with E-state index in [1.165, 1.54) is 5.43 Å². The lowest BCUT2D eigenvalue weighted by atomic mass is 9.90. The van der Waals surface area contributed by atoms with Gasteiger partial charge in [0.2, 0.25) is 0 Å². The molecule has 4 nitrogen and oxygen atoms in total. The van der Waals surface area contributed by atoms with Crippen molar-refractivity contribution in [2.75, 3.05) is 5.01 Å². The van der Waals surface area contributed by atoms with Crippen LogP contribution in [0.5, 0.6) is 0 Å². The Labute approximate surface area is 151 Å². The molecule has 1 aromatic carbocycles. The third-order valence-electron chi connectivity index (χ3n) is 3.32. The molecule has 2 rings (SSSR count). The fourth-order valence-electron chi connectivity index (χ4n) is 2.22. The Balaban J connectivity index is 2.77. The van der Waals surface area contributed by atoms with Gasteiger partial charge >= 0.3 is 12.4 Å². The number of nitrogens with one attached hydrogen (secondary N) is 1. The molecule has 0 bridgehead atoms. The van der Waals surface area contributed by atoms with Gasteiger partial charge in [0.15, 0.2) is 0 Å². The fourth-order valence-corrected chi connectivity index (χ4v) is 3.21. The van der Waals surface area contributed by atoms with E-state index < -0.39 is 35.0 Å². The third kappa shape index (κ3) is 2.85. The highest BCUT2D eigenvalue weighted by Gasteiger charge is 2.77. The zero-order valence-electron chi connectivity index (χ0n) is 11.5. The quantitative estimate of drug-likeness (QED) is 0.649. The molecule has 136 valence electrons. The Morgan fingerprint density at radius 2 is 1.48 bits per heavy atom. The second kappa shape index (κ2) is 6.02. The second-order valence-corrected chi connectivity index (χ2v) is 6.03. The Bertz CT molecular complexity index is 759. The number of benzene rings is 1. The van der Waals surface area contributed by atoms with Crippen LogP contribution in [-0.2, 0) is 0 Å². The van der Waals surface area contributed by atoms with Crippen molar-refractivity contribution in [3.05, 3.63) is 38.6 Å². The summed E-state index contributed by atoms with van der Waals surface area (Å²) in [6.45, 7) is 0. The summed E-state index contributed by atoms with van der Waals surface area (Å²) >= 11 is 17.3. The minimum atomic E-state index is -5.94. The van der Waals surface area contributed by atoms with Crippen LogP contribution in [0.3, 0.4) is 0 Å². The molecule has 0 atom stereocenters. The first-order valence-corrected chi connectivity index (χ1v) is 7.17. The minimum absolute atomic E-state index is 0.0149. The van der Waals surface area contributed by atoms with Crippen LogP contribution < -0.4 is 16.2 Å². The lowest BCUT2D eigenvalue weighted by Crippen LogP contribution is -2.67. The highest BCUT2D eigenvalue weighted by molar-refractivity contribution is 6.41. The van der Waals surface area contributed by atoms with Gasteiger partial charge in [-0.15, -0.1) is 0 Å². The first kappa shape index (κ1) is 19.8. The number of alkyl halides is 6. The highest BCUT2D eigenvalue weighted by atomic mass is 35.5. The maximum Gasteiger partial charge on any atom is 0.422 e. The summed E-state index contributed by atoms with van der Waals surface area (Å²) in [5.41, 5.74) is -0.437. The van der Waals surface area contributed by atoms with Gasteiger partial charge in [-0.1, -0.05) is 34.8 Å². The normalized spacial score (nSPS) is 17.8. The molecular weight excluding hydrogens is 421 g/mol. The van der Waals surface area contributed by atoms with Crippen LogP contribution in [0.4, 0.5) is 32.0 Å². The number of anilines is 1. The maximum atomic E-state index is 13.3. The van der Waals surface area contributed by atoms with Crippen molar-refractivity contribution in [3.63, 3.8) is 0 Å². The number of hydrogen-bond donors (Lipinski definition) is 2. The monoisotopic (exact) mass is 424 g/mol. The smallest absolute Gasteiger partial charge is 0.383 e. The van der Waals surface area contributed by atoms with Crippen LogP contribution in [0, 0.1) is 11.3 Å². The van der Waals surface area contributed by atoms with Gasteiger partial charge in [-0.2, -0.15) is 37.0 Å². The van der Waals surface area contributed by atoms with Crippen LogP contribution in [0.1, 0.15) is 0 Å². The van der Waals surface area contributed by atoms with Crippen LogP contribution >= 0.6 is 34.8 Å². The van der Waals surface area contributed by atoms with Crippen LogP contribution in [0.2, 0.25) is 15.1 Å². The fraction of sp³-hybridized carbons (Fsp3) is 0.250. The number of hydrogen-bond acceptors (Lipinski definition) is 4. The first-order valence-electron chi connectivity index (χ1n) is 6.04. The van der Waals surface area contributed by atoms with Crippen molar-refractivity contribution < 1.29 is 26.3 Å². The number of halogens is 9. The molecule has 1 aliphatic rings. The Morgan fingerprint density at radius 1 is 1.04 bits per heavy atom. The van der Waals surface area contributed by atoms with Gasteiger partial charge in [0.05, 0.1) is 15.7 Å². The molecule has 3 N–H and O–H groups in total. The van der Waals surface area contributed by atoms with Gasteiger partial charge in [0.25, 0.3) is 5.54 Å². The van der Waals surface area contributed by atoms with Crippen molar-refractivity contribution in [3.8, 4) is 6.07 Å². The van der Waals surface area contributed by atoms with Crippen molar-refractivity contribution in [2.24, 2.45) is 5.73 Å². The molecule has 13 heteroatoms. The topological polar surface area (TPSA) is 65.1 Å².